The van der Waals surface area contributed by atoms with Gasteiger partial charge in [0.1, 0.15) is 11.8 Å². The standard InChI is InChI=1S/C24H34N2O4S/c1-6-14-30-23-12-8-7-10-21(23)11-9-13-25-24(27)20(4)26(31(5,28)29)22-16-18(2)15-19(3)17-22/h7-8,10,12,15-17,20H,6,9,11,13-14H2,1-5H3,(H,25,27). The number of nitrogens with zero attached hydrogens (tertiary/aromatic N) is 1. The SMILES string of the molecule is CCCOc1ccccc1CCCNC(=O)C(C)N(c1cc(C)cc(C)c1)S(C)(=O)=O. The van der Waals surface area contributed by atoms with Crippen LogP contribution >= 0.6 is 0 Å². The number of carbonyl (C=O) groups is 1. The van der Waals surface area contributed by atoms with Gasteiger partial charge in [-0.25, -0.2) is 8.42 Å². The molecule has 0 saturated heterocycles. The van der Waals surface area contributed by atoms with Gasteiger partial charge in [-0.3, -0.25) is 9.10 Å². The van der Waals surface area contributed by atoms with Crippen LogP contribution in [-0.2, 0) is 21.2 Å². The van der Waals surface area contributed by atoms with Crippen LogP contribution in [0, 0.1) is 13.8 Å². The quantitative estimate of drug-likeness (QED) is 0.530. The fourth-order valence-corrected chi connectivity index (χ4v) is 4.75. The molecule has 0 radical (unpaired) electrons. The lowest BCUT2D eigenvalue weighted by Crippen LogP contribution is -2.48. The van der Waals surface area contributed by atoms with Gasteiger partial charge in [0, 0.05) is 6.54 Å². The van der Waals surface area contributed by atoms with Crippen LogP contribution in [0.4, 0.5) is 5.69 Å². The number of carbonyl (C=O) groups excluding carboxylic acids is 1. The molecule has 1 N–H and O–H groups in total. The number of amides is 1. The number of hydrogen-bond acceptors (Lipinski definition) is 4. The zero-order valence-electron chi connectivity index (χ0n) is 19.1. The molecule has 1 unspecified atom stereocenters. The van der Waals surface area contributed by atoms with Gasteiger partial charge in [0.05, 0.1) is 18.6 Å². The number of rotatable bonds is 11. The van der Waals surface area contributed by atoms with E-state index in [9.17, 15) is 13.2 Å². The van der Waals surface area contributed by atoms with Crippen molar-refractivity contribution in [2.45, 2.75) is 53.0 Å². The second-order valence-corrected chi connectivity index (χ2v) is 9.79. The topological polar surface area (TPSA) is 75.7 Å². The Bertz CT molecular complexity index is 969. The van der Waals surface area contributed by atoms with E-state index in [2.05, 4.69) is 12.2 Å². The van der Waals surface area contributed by atoms with Gasteiger partial charge in [0.15, 0.2) is 0 Å². The van der Waals surface area contributed by atoms with E-state index in [0.717, 1.165) is 48.0 Å². The van der Waals surface area contributed by atoms with Crippen molar-refractivity contribution in [2.75, 3.05) is 23.7 Å². The average molecular weight is 447 g/mol. The van der Waals surface area contributed by atoms with E-state index in [1.807, 2.05) is 44.2 Å². The molecule has 7 heteroatoms. The molecule has 0 aromatic heterocycles. The predicted molar refractivity (Wildman–Crippen MR) is 126 cm³/mol. The van der Waals surface area contributed by atoms with Crippen LogP contribution < -0.4 is 14.4 Å². The molecule has 0 aliphatic carbocycles. The summed E-state index contributed by atoms with van der Waals surface area (Å²) in [6.45, 7) is 8.62. The molecular formula is C24H34N2O4S. The monoisotopic (exact) mass is 446 g/mol. The first kappa shape index (κ1) is 24.7. The Hall–Kier alpha value is -2.54. The highest BCUT2D eigenvalue weighted by Gasteiger charge is 2.29. The van der Waals surface area contributed by atoms with E-state index in [1.54, 1.807) is 19.1 Å². The third kappa shape index (κ3) is 7.28. The molecule has 6 nitrogen and oxygen atoms in total. The molecule has 0 aliphatic heterocycles. The van der Waals surface area contributed by atoms with Crippen LogP contribution in [0.5, 0.6) is 5.75 Å². The van der Waals surface area contributed by atoms with E-state index >= 15 is 0 Å². The summed E-state index contributed by atoms with van der Waals surface area (Å²) in [5, 5.41) is 2.88. The molecule has 0 bridgehead atoms. The van der Waals surface area contributed by atoms with Crippen molar-refractivity contribution in [2.24, 2.45) is 0 Å². The van der Waals surface area contributed by atoms with E-state index in [0.29, 0.717) is 18.8 Å². The summed E-state index contributed by atoms with van der Waals surface area (Å²) in [5.74, 6) is 0.558. The number of anilines is 1. The molecule has 1 amide bonds. The van der Waals surface area contributed by atoms with Gasteiger partial charge in [-0.15, -0.1) is 0 Å². The van der Waals surface area contributed by atoms with Gasteiger partial charge in [-0.2, -0.15) is 0 Å². The summed E-state index contributed by atoms with van der Waals surface area (Å²) in [5.41, 5.74) is 3.50. The number of benzene rings is 2. The predicted octanol–water partition coefficient (Wildman–Crippen LogP) is 4.00. The maximum absolute atomic E-state index is 12.8. The minimum atomic E-state index is -3.63. The zero-order chi connectivity index (χ0) is 23.0. The van der Waals surface area contributed by atoms with E-state index in [1.165, 1.54) is 4.31 Å². The smallest absolute Gasteiger partial charge is 0.243 e. The molecule has 0 fully saturated rings. The molecule has 2 aromatic carbocycles. The number of ether oxygens (including phenoxy) is 1. The number of hydrogen-bond donors (Lipinski definition) is 1. The van der Waals surface area contributed by atoms with Gasteiger partial charge >= 0.3 is 0 Å². The maximum Gasteiger partial charge on any atom is 0.243 e. The van der Waals surface area contributed by atoms with Gasteiger partial charge in [-0.05, 0) is 74.9 Å². The van der Waals surface area contributed by atoms with E-state index in [-0.39, 0.29) is 5.91 Å². The lowest BCUT2D eigenvalue weighted by molar-refractivity contribution is -0.121. The van der Waals surface area contributed by atoms with Crippen molar-refractivity contribution in [3.63, 3.8) is 0 Å². The maximum atomic E-state index is 12.8. The summed E-state index contributed by atoms with van der Waals surface area (Å²) in [7, 11) is -3.63. The van der Waals surface area contributed by atoms with Crippen molar-refractivity contribution in [3.05, 3.63) is 59.2 Å². The Kier molecular flexibility index (Phi) is 8.92. The van der Waals surface area contributed by atoms with Crippen molar-refractivity contribution < 1.29 is 17.9 Å². The molecule has 0 heterocycles. The molecule has 31 heavy (non-hydrogen) atoms. The van der Waals surface area contributed by atoms with Crippen molar-refractivity contribution in [1.29, 1.82) is 0 Å². The highest BCUT2D eigenvalue weighted by molar-refractivity contribution is 7.92. The van der Waals surface area contributed by atoms with Gasteiger partial charge in [0.2, 0.25) is 15.9 Å². The molecule has 2 rings (SSSR count). The first-order chi connectivity index (χ1) is 14.6. The summed E-state index contributed by atoms with van der Waals surface area (Å²) < 4.78 is 31.9. The second-order valence-electron chi connectivity index (χ2n) is 7.93. The third-order valence-corrected chi connectivity index (χ3v) is 6.15. The Morgan fingerprint density at radius 3 is 2.39 bits per heavy atom. The molecule has 2 aromatic rings. The number of sulfonamides is 1. The first-order valence-electron chi connectivity index (χ1n) is 10.7. The molecule has 0 aliphatic rings. The van der Waals surface area contributed by atoms with Crippen molar-refractivity contribution >= 4 is 21.6 Å². The molecule has 0 saturated carbocycles. The van der Waals surface area contributed by atoms with Crippen molar-refractivity contribution in [1.82, 2.24) is 5.32 Å². The van der Waals surface area contributed by atoms with Gasteiger partial charge in [0.25, 0.3) is 0 Å². The summed E-state index contributed by atoms with van der Waals surface area (Å²) in [6.07, 6.45) is 3.57. The Morgan fingerprint density at radius 2 is 1.77 bits per heavy atom. The lowest BCUT2D eigenvalue weighted by Gasteiger charge is -2.28. The summed E-state index contributed by atoms with van der Waals surface area (Å²) in [4.78, 5) is 12.8. The number of nitrogens with one attached hydrogen (secondary N) is 1. The Balaban J connectivity index is 2.01. The van der Waals surface area contributed by atoms with Crippen LogP contribution in [0.15, 0.2) is 42.5 Å². The number of aryl methyl sites for hydroxylation is 3. The van der Waals surface area contributed by atoms with Crippen LogP contribution in [0.3, 0.4) is 0 Å². The van der Waals surface area contributed by atoms with Crippen LogP contribution in [0.2, 0.25) is 0 Å². The first-order valence-corrected chi connectivity index (χ1v) is 12.5. The van der Waals surface area contributed by atoms with Crippen LogP contribution in [0.1, 0.15) is 43.4 Å². The fraction of sp³-hybridized carbons (Fsp3) is 0.458. The minimum Gasteiger partial charge on any atom is -0.493 e. The fourth-order valence-electron chi connectivity index (χ4n) is 3.59. The average Bonchev–Trinajstić information content (AvgIpc) is 2.68. The van der Waals surface area contributed by atoms with Crippen LogP contribution in [-0.4, -0.2) is 39.8 Å². The normalized spacial score (nSPS) is 12.3. The molecular weight excluding hydrogens is 412 g/mol. The van der Waals surface area contributed by atoms with E-state index < -0.39 is 16.1 Å². The van der Waals surface area contributed by atoms with Gasteiger partial charge < -0.3 is 10.1 Å². The Morgan fingerprint density at radius 1 is 1.13 bits per heavy atom. The highest BCUT2D eigenvalue weighted by atomic mass is 32.2. The van der Waals surface area contributed by atoms with E-state index in [4.69, 9.17) is 4.74 Å². The van der Waals surface area contributed by atoms with Crippen molar-refractivity contribution in [3.8, 4) is 5.75 Å². The summed E-state index contributed by atoms with van der Waals surface area (Å²) >= 11 is 0. The minimum absolute atomic E-state index is 0.319. The van der Waals surface area contributed by atoms with Gasteiger partial charge in [-0.1, -0.05) is 31.2 Å². The summed E-state index contributed by atoms with van der Waals surface area (Å²) in [6, 6.07) is 12.6. The molecule has 0 spiro atoms. The molecule has 170 valence electrons. The van der Waals surface area contributed by atoms with Crippen LogP contribution in [0.25, 0.3) is 0 Å². The Labute approximate surface area is 186 Å². The molecule has 1 atom stereocenters. The second kappa shape index (κ2) is 11.2. The lowest BCUT2D eigenvalue weighted by atomic mass is 10.1. The zero-order valence-corrected chi connectivity index (χ0v) is 20.0. The number of para-hydroxylation sites is 1. The third-order valence-electron chi connectivity index (χ3n) is 4.91. The highest BCUT2D eigenvalue weighted by Crippen LogP contribution is 2.24. The largest absolute Gasteiger partial charge is 0.493 e.